The van der Waals surface area contributed by atoms with Gasteiger partial charge in [-0.3, -0.25) is 0 Å². The van der Waals surface area contributed by atoms with Crippen molar-refractivity contribution >= 4 is 11.6 Å². The molecule has 2 rings (SSSR count). The summed E-state index contributed by atoms with van der Waals surface area (Å²) in [5.41, 5.74) is 0.00931. The Balaban J connectivity index is 2.43. The first-order valence-corrected chi connectivity index (χ1v) is 5.57. The van der Waals surface area contributed by atoms with Gasteiger partial charge >= 0.3 is 0 Å². The second-order valence-electron chi connectivity index (χ2n) is 3.83. The summed E-state index contributed by atoms with van der Waals surface area (Å²) in [6.07, 6.45) is 0. The lowest BCUT2D eigenvalue weighted by molar-refractivity contribution is 0.445. The zero-order valence-corrected chi connectivity index (χ0v) is 9.99. The molecule has 0 spiro atoms. The summed E-state index contributed by atoms with van der Waals surface area (Å²) >= 11 is 5.91. The van der Waals surface area contributed by atoms with Crippen LogP contribution in [0.2, 0.25) is 0 Å². The molecule has 0 aliphatic heterocycles. The summed E-state index contributed by atoms with van der Waals surface area (Å²) in [7, 11) is 0. The van der Waals surface area contributed by atoms with Crippen molar-refractivity contribution < 1.29 is 22.0 Å². The molecule has 6 heteroatoms. The highest BCUT2D eigenvalue weighted by atomic mass is 35.5. The average Bonchev–Trinajstić information content (AvgIpc) is 2.37. The van der Waals surface area contributed by atoms with Gasteiger partial charge in [-0.1, -0.05) is 6.07 Å². The molecule has 0 fully saturated rings. The number of halogens is 6. The van der Waals surface area contributed by atoms with Crippen LogP contribution < -0.4 is 0 Å². The van der Waals surface area contributed by atoms with Crippen LogP contribution in [0.1, 0.15) is 16.5 Å². The summed E-state index contributed by atoms with van der Waals surface area (Å²) in [6.45, 7) is 0. The Labute approximate surface area is 110 Å². The maximum atomic E-state index is 13.1. The number of hydrogen-bond acceptors (Lipinski definition) is 0. The first-order chi connectivity index (χ1) is 8.90. The van der Waals surface area contributed by atoms with Crippen LogP contribution in [-0.2, 0) is 0 Å². The summed E-state index contributed by atoms with van der Waals surface area (Å²) < 4.78 is 64.7. The Kier molecular flexibility index (Phi) is 3.75. The zero-order valence-electron chi connectivity index (χ0n) is 9.23. The van der Waals surface area contributed by atoms with Crippen molar-refractivity contribution in [3.63, 3.8) is 0 Å². The van der Waals surface area contributed by atoms with Gasteiger partial charge in [-0.05, 0) is 35.4 Å². The van der Waals surface area contributed by atoms with E-state index in [-0.39, 0.29) is 11.1 Å². The number of hydrogen-bond donors (Lipinski definition) is 0. The summed E-state index contributed by atoms with van der Waals surface area (Å²) in [6, 6.07) is 4.24. The Morgan fingerprint density at radius 2 is 1.21 bits per heavy atom. The van der Waals surface area contributed by atoms with Gasteiger partial charge in [0, 0.05) is 0 Å². The predicted octanol–water partition coefficient (Wildman–Crippen LogP) is 4.71. The summed E-state index contributed by atoms with van der Waals surface area (Å²) in [4.78, 5) is 0. The maximum absolute atomic E-state index is 13.1. The molecule has 0 nitrogen and oxygen atoms in total. The molecule has 0 saturated heterocycles. The van der Waals surface area contributed by atoms with Crippen molar-refractivity contribution in [1.29, 1.82) is 0 Å². The third kappa shape index (κ3) is 2.71. The number of alkyl halides is 1. The van der Waals surface area contributed by atoms with Crippen LogP contribution in [0.5, 0.6) is 0 Å². The molecule has 0 aliphatic carbocycles. The van der Waals surface area contributed by atoms with Gasteiger partial charge in [0.1, 0.15) is 0 Å². The second-order valence-corrected chi connectivity index (χ2v) is 4.27. The topological polar surface area (TPSA) is 0 Å². The van der Waals surface area contributed by atoms with Gasteiger partial charge in [0.15, 0.2) is 29.1 Å². The monoisotopic (exact) mass is 292 g/mol. The highest BCUT2D eigenvalue weighted by Crippen LogP contribution is 2.31. The third-order valence-corrected chi connectivity index (χ3v) is 3.04. The van der Waals surface area contributed by atoms with Gasteiger partial charge < -0.3 is 0 Å². The molecule has 1 unspecified atom stereocenters. The minimum absolute atomic E-state index is 0.0934. The molecule has 19 heavy (non-hydrogen) atoms. The molecule has 2 aromatic rings. The van der Waals surface area contributed by atoms with Gasteiger partial charge in [-0.2, -0.15) is 0 Å². The first-order valence-electron chi connectivity index (χ1n) is 5.13. The van der Waals surface area contributed by atoms with E-state index in [9.17, 15) is 22.0 Å². The lowest BCUT2D eigenvalue weighted by Crippen LogP contribution is -2.00. The first kappa shape index (κ1) is 13.8. The minimum Gasteiger partial charge on any atom is -0.204 e. The van der Waals surface area contributed by atoms with Gasteiger partial charge in [0.05, 0.1) is 5.38 Å². The third-order valence-electron chi connectivity index (χ3n) is 2.54. The predicted molar refractivity (Wildman–Crippen MR) is 60.4 cm³/mol. The van der Waals surface area contributed by atoms with Crippen molar-refractivity contribution in [2.75, 3.05) is 0 Å². The van der Waals surface area contributed by atoms with E-state index >= 15 is 0 Å². The fraction of sp³-hybridized carbons (Fsp3) is 0.0769. The van der Waals surface area contributed by atoms with Crippen LogP contribution >= 0.6 is 11.6 Å². The van der Waals surface area contributed by atoms with Crippen LogP contribution in [0.15, 0.2) is 30.3 Å². The maximum Gasteiger partial charge on any atom is 0.194 e. The van der Waals surface area contributed by atoms with Crippen molar-refractivity contribution in [2.45, 2.75) is 5.38 Å². The Bertz CT molecular complexity index is 603. The second kappa shape index (κ2) is 5.17. The molecule has 0 amide bonds. The van der Waals surface area contributed by atoms with Crippen molar-refractivity contribution in [3.8, 4) is 0 Å². The summed E-state index contributed by atoms with van der Waals surface area (Å²) in [5.74, 6) is -6.61. The molecule has 0 radical (unpaired) electrons. The Morgan fingerprint density at radius 1 is 0.684 bits per heavy atom. The van der Waals surface area contributed by atoms with E-state index < -0.39 is 34.5 Å². The molecule has 0 aliphatic rings. The van der Waals surface area contributed by atoms with Crippen LogP contribution in [0, 0.1) is 29.1 Å². The van der Waals surface area contributed by atoms with E-state index in [1.165, 1.54) is 6.07 Å². The van der Waals surface area contributed by atoms with Crippen LogP contribution in [0.3, 0.4) is 0 Å². The molecule has 0 bridgehead atoms. The molecule has 0 aromatic heterocycles. The van der Waals surface area contributed by atoms with Crippen LogP contribution in [-0.4, -0.2) is 0 Å². The van der Waals surface area contributed by atoms with E-state index in [1.54, 1.807) is 0 Å². The molecule has 0 N–H and O–H groups in total. The van der Waals surface area contributed by atoms with E-state index in [0.29, 0.717) is 12.1 Å². The fourth-order valence-corrected chi connectivity index (χ4v) is 1.85. The van der Waals surface area contributed by atoms with Crippen molar-refractivity contribution in [1.82, 2.24) is 0 Å². The largest absolute Gasteiger partial charge is 0.204 e. The quantitative estimate of drug-likeness (QED) is 0.427. The summed E-state index contributed by atoms with van der Waals surface area (Å²) in [5, 5.41) is -1.13. The Morgan fingerprint density at radius 3 is 1.74 bits per heavy atom. The van der Waals surface area contributed by atoms with Gasteiger partial charge in [0.2, 0.25) is 0 Å². The lowest BCUT2D eigenvalue weighted by Gasteiger charge is -2.11. The van der Waals surface area contributed by atoms with E-state index in [0.717, 1.165) is 12.1 Å². The molecular formula is C13H6ClF5. The van der Waals surface area contributed by atoms with E-state index in [4.69, 9.17) is 11.6 Å². The van der Waals surface area contributed by atoms with Gasteiger partial charge in [0.25, 0.3) is 0 Å². The Hall–Kier alpha value is -1.62. The molecular weight excluding hydrogens is 287 g/mol. The SMILES string of the molecule is Fc1ccc(C(Cl)c2cc(F)c(F)c(F)c2)cc1F. The van der Waals surface area contributed by atoms with E-state index in [1.807, 2.05) is 0 Å². The molecule has 0 heterocycles. The average molecular weight is 293 g/mol. The van der Waals surface area contributed by atoms with Crippen molar-refractivity contribution in [2.24, 2.45) is 0 Å². The lowest BCUT2D eigenvalue weighted by atomic mass is 10.0. The highest BCUT2D eigenvalue weighted by Gasteiger charge is 2.18. The normalized spacial score (nSPS) is 12.5. The molecule has 0 saturated carbocycles. The molecule has 2 aromatic carbocycles. The van der Waals surface area contributed by atoms with E-state index in [2.05, 4.69) is 0 Å². The highest BCUT2D eigenvalue weighted by molar-refractivity contribution is 6.22. The standard InChI is InChI=1S/C13H6ClF5/c14-12(6-1-2-8(15)9(16)3-6)7-4-10(17)13(19)11(18)5-7/h1-5,12H. The van der Waals surface area contributed by atoms with Gasteiger partial charge in [-0.25, -0.2) is 22.0 Å². The number of benzene rings is 2. The smallest absolute Gasteiger partial charge is 0.194 e. The fourth-order valence-electron chi connectivity index (χ4n) is 1.58. The zero-order chi connectivity index (χ0) is 14.2. The van der Waals surface area contributed by atoms with Crippen molar-refractivity contribution in [3.05, 3.63) is 70.5 Å². The molecule has 1 atom stereocenters. The number of rotatable bonds is 2. The van der Waals surface area contributed by atoms with Crippen LogP contribution in [0.4, 0.5) is 22.0 Å². The minimum atomic E-state index is -1.61. The van der Waals surface area contributed by atoms with Crippen LogP contribution in [0.25, 0.3) is 0 Å². The molecule has 100 valence electrons. The van der Waals surface area contributed by atoms with Gasteiger partial charge in [-0.15, -0.1) is 11.6 Å².